The fourth-order valence-electron chi connectivity index (χ4n) is 1.18. The monoisotopic (exact) mass is 198 g/mol. The van der Waals surface area contributed by atoms with E-state index in [9.17, 15) is 9.59 Å². The molecular weight excluding hydrogens is 180 g/mol. The van der Waals surface area contributed by atoms with Gasteiger partial charge in [0.15, 0.2) is 0 Å². The molecule has 0 spiro atoms. The summed E-state index contributed by atoms with van der Waals surface area (Å²) in [5, 5.41) is 5.52. The lowest BCUT2D eigenvalue weighted by atomic mass is 10.3. The highest BCUT2D eigenvalue weighted by atomic mass is 16.2. The lowest BCUT2D eigenvalue weighted by molar-refractivity contribution is -0.123. The molecule has 80 valence electrons. The van der Waals surface area contributed by atoms with Crippen molar-refractivity contribution in [2.24, 2.45) is 5.92 Å². The molecular formula is C10H18N2O2. The molecule has 0 bridgehead atoms. The minimum absolute atomic E-state index is 0.00361. The molecule has 0 aromatic carbocycles. The van der Waals surface area contributed by atoms with Gasteiger partial charge in [-0.15, -0.1) is 0 Å². The maximum absolute atomic E-state index is 11.2. The molecule has 2 amide bonds. The Morgan fingerprint density at radius 3 is 2.50 bits per heavy atom. The molecule has 14 heavy (non-hydrogen) atoms. The van der Waals surface area contributed by atoms with Gasteiger partial charge >= 0.3 is 0 Å². The van der Waals surface area contributed by atoms with Gasteiger partial charge in [-0.25, -0.2) is 0 Å². The van der Waals surface area contributed by atoms with E-state index in [-0.39, 0.29) is 23.8 Å². The lowest BCUT2D eigenvalue weighted by Gasteiger charge is -2.08. The zero-order valence-corrected chi connectivity index (χ0v) is 8.80. The molecule has 0 aromatic heterocycles. The summed E-state index contributed by atoms with van der Waals surface area (Å²) >= 11 is 0. The third kappa shape index (κ3) is 4.25. The molecule has 0 aromatic rings. The first-order chi connectivity index (χ1) is 6.59. The molecule has 0 unspecified atom stereocenters. The molecule has 1 fully saturated rings. The van der Waals surface area contributed by atoms with Crippen LogP contribution in [0.15, 0.2) is 0 Å². The van der Waals surface area contributed by atoms with Gasteiger partial charge in [0, 0.05) is 24.9 Å². The van der Waals surface area contributed by atoms with E-state index in [0.717, 1.165) is 12.8 Å². The van der Waals surface area contributed by atoms with Gasteiger partial charge in [0.2, 0.25) is 11.8 Å². The van der Waals surface area contributed by atoms with Gasteiger partial charge < -0.3 is 10.6 Å². The van der Waals surface area contributed by atoms with Gasteiger partial charge in [0.25, 0.3) is 0 Å². The summed E-state index contributed by atoms with van der Waals surface area (Å²) in [5.41, 5.74) is 0. The van der Waals surface area contributed by atoms with E-state index in [4.69, 9.17) is 0 Å². The maximum Gasteiger partial charge on any atom is 0.223 e. The van der Waals surface area contributed by atoms with Crippen molar-refractivity contribution in [3.8, 4) is 0 Å². The Bertz CT molecular complexity index is 222. The van der Waals surface area contributed by atoms with Crippen molar-refractivity contribution < 1.29 is 9.59 Å². The molecule has 1 saturated carbocycles. The highest BCUT2D eigenvalue weighted by molar-refractivity contribution is 5.82. The molecule has 0 heterocycles. The average Bonchev–Trinajstić information content (AvgIpc) is 2.84. The summed E-state index contributed by atoms with van der Waals surface area (Å²) < 4.78 is 0. The molecule has 4 heteroatoms. The maximum atomic E-state index is 11.2. The Hall–Kier alpha value is -1.06. The summed E-state index contributed by atoms with van der Waals surface area (Å²) in [6.45, 7) is 4.29. The Balaban J connectivity index is 2.02. The Labute approximate surface area is 84.4 Å². The summed E-state index contributed by atoms with van der Waals surface area (Å²) in [6.07, 6.45) is 2.38. The minimum atomic E-state index is -0.00361. The van der Waals surface area contributed by atoms with Crippen molar-refractivity contribution in [3.63, 3.8) is 0 Å². The average molecular weight is 198 g/mol. The van der Waals surface area contributed by atoms with E-state index in [0.29, 0.717) is 13.0 Å². The topological polar surface area (TPSA) is 58.2 Å². The van der Waals surface area contributed by atoms with E-state index in [1.54, 1.807) is 0 Å². The number of carbonyl (C=O) groups is 2. The quantitative estimate of drug-likeness (QED) is 0.673. The van der Waals surface area contributed by atoms with Crippen LogP contribution in [0.3, 0.4) is 0 Å². The highest BCUT2D eigenvalue weighted by Gasteiger charge is 2.29. The van der Waals surface area contributed by atoms with Crippen LogP contribution in [0.25, 0.3) is 0 Å². The Kier molecular flexibility index (Phi) is 3.92. The molecule has 4 nitrogen and oxygen atoms in total. The van der Waals surface area contributed by atoms with E-state index in [2.05, 4.69) is 10.6 Å². The summed E-state index contributed by atoms with van der Waals surface area (Å²) in [5.74, 6) is 0.321. The van der Waals surface area contributed by atoms with Crippen LogP contribution < -0.4 is 10.6 Å². The number of hydrogen-bond donors (Lipinski definition) is 2. The molecule has 1 rings (SSSR count). The number of carbonyl (C=O) groups excluding carboxylic acids is 2. The first-order valence-electron chi connectivity index (χ1n) is 5.16. The summed E-state index contributed by atoms with van der Waals surface area (Å²) in [6, 6.07) is 0.168. The fourth-order valence-corrected chi connectivity index (χ4v) is 1.18. The van der Waals surface area contributed by atoms with Crippen LogP contribution in [0.4, 0.5) is 0 Å². The summed E-state index contributed by atoms with van der Waals surface area (Å²) in [4.78, 5) is 22.3. The van der Waals surface area contributed by atoms with Crippen LogP contribution in [0.1, 0.15) is 33.1 Å². The second kappa shape index (κ2) is 4.98. The van der Waals surface area contributed by atoms with Crippen LogP contribution in [-0.2, 0) is 9.59 Å². The van der Waals surface area contributed by atoms with E-state index >= 15 is 0 Å². The number of hydrogen-bond acceptors (Lipinski definition) is 2. The first kappa shape index (κ1) is 11.0. The summed E-state index contributed by atoms with van der Waals surface area (Å²) in [7, 11) is 0. The molecule has 0 aliphatic heterocycles. The van der Waals surface area contributed by atoms with Gasteiger partial charge in [-0.1, -0.05) is 0 Å². The molecule has 0 atom stereocenters. The van der Waals surface area contributed by atoms with Crippen molar-refractivity contribution >= 4 is 11.8 Å². The SMILES string of the molecule is CC(C)NC(=O)CCNC(=O)C1CC1. The number of nitrogens with one attached hydrogen (secondary N) is 2. The Morgan fingerprint density at radius 1 is 1.36 bits per heavy atom. The van der Waals surface area contributed by atoms with Gasteiger partial charge in [0.05, 0.1) is 0 Å². The van der Waals surface area contributed by atoms with Crippen molar-refractivity contribution in [1.29, 1.82) is 0 Å². The van der Waals surface area contributed by atoms with Crippen molar-refractivity contribution in [3.05, 3.63) is 0 Å². The second-order valence-electron chi connectivity index (χ2n) is 4.04. The van der Waals surface area contributed by atoms with Gasteiger partial charge in [0.1, 0.15) is 0 Å². The zero-order chi connectivity index (χ0) is 10.6. The molecule has 0 radical (unpaired) electrons. The first-order valence-corrected chi connectivity index (χ1v) is 5.16. The van der Waals surface area contributed by atoms with E-state index in [1.807, 2.05) is 13.8 Å². The van der Waals surface area contributed by atoms with Crippen LogP contribution >= 0.6 is 0 Å². The van der Waals surface area contributed by atoms with Crippen molar-refractivity contribution in [2.75, 3.05) is 6.54 Å². The molecule has 2 N–H and O–H groups in total. The van der Waals surface area contributed by atoms with Crippen LogP contribution in [-0.4, -0.2) is 24.4 Å². The van der Waals surface area contributed by atoms with E-state index < -0.39 is 0 Å². The van der Waals surface area contributed by atoms with Crippen molar-refractivity contribution in [1.82, 2.24) is 10.6 Å². The molecule has 0 saturated heterocycles. The Morgan fingerprint density at radius 2 is 2.00 bits per heavy atom. The molecule has 1 aliphatic rings. The third-order valence-corrected chi connectivity index (χ3v) is 2.05. The lowest BCUT2D eigenvalue weighted by Crippen LogP contribution is -2.34. The smallest absolute Gasteiger partial charge is 0.223 e. The van der Waals surface area contributed by atoms with Crippen LogP contribution in [0.5, 0.6) is 0 Å². The van der Waals surface area contributed by atoms with Crippen LogP contribution in [0, 0.1) is 5.92 Å². The standard InChI is InChI=1S/C10H18N2O2/c1-7(2)12-9(13)5-6-11-10(14)8-3-4-8/h7-8H,3-6H2,1-2H3,(H,11,14)(H,12,13). The zero-order valence-electron chi connectivity index (χ0n) is 8.80. The van der Waals surface area contributed by atoms with Gasteiger partial charge in [-0.05, 0) is 26.7 Å². The predicted molar refractivity (Wildman–Crippen MR) is 53.6 cm³/mol. The molecule has 1 aliphatic carbocycles. The largest absolute Gasteiger partial charge is 0.355 e. The fraction of sp³-hybridized carbons (Fsp3) is 0.800. The predicted octanol–water partition coefficient (Wildman–Crippen LogP) is 0.427. The van der Waals surface area contributed by atoms with Gasteiger partial charge in [-0.3, -0.25) is 9.59 Å². The normalized spacial score (nSPS) is 15.4. The highest BCUT2D eigenvalue weighted by Crippen LogP contribution is 2.28. The third-order valence-electron chi connectivity index (χ3n) is 2.05. The number of amides is 2. The van der Waals surface area contributed by atoms with Gasteiger partial charge in [-0.2, -0.15) is 0 Å². The number of rotatable bonds is 5. The van der Waals surface area contributed by atoms with Crippen molar-refractivity contribution in [2.45, 2.75) is 39.2 Å². The second-order valence-corrected chi connectivity index (χ2v) is 4.04. The van der Waals surface area contributed by atoms with Crippen LogP contribution in [0.2, 0.25) is 0 Å². The minimum Gasteiger partial charge on any atom is -0.355 e. The van der Waals surface area contributed by atoms with E-state index in [1.165, 1.54) is 0 Å².